The molecule has 0 aliphatic heterocycles. The van der Waals surface area contributed by atoms with Crippen molar-refractivity contribution in [3.8, 4) is 0 Å². The van der Waals surface area contributed by atoms with Crippen LogP contribution in [0.3, 0.4) is 0 Å². The van der Waals surface area contributed by atoms with E-state index < -0.39 is 6.04 Å². The monoisotopic (exact) mass is 195 g/mol. The number of nitrogens with zero attached hydrogens (tertiary/aromatic N) is 2. The van der Waals surface area contributed by atoms with Crippen molar-refractivity contribution in [1.29, 1.82) is 0 Å². The Hall–Kier alpha value is -1.16. The van der Waals surface area contributed by atoms with Crippen LogP contribution in [0.5, 0.6) is 0 Å². The van der Waals surface area contributed by atoms with Gasteiger partial charge >= 0.3 is 0 Å². The fourth-order valence-electron chi connectivity index (χ4n) is 1.32. The summed E-state index contributed by atoms with van der Waals surface area (Å²) in [5.74, 6) is 0.429. The van der Waals surface area contributed by atoms with Crippen LogP contribution in [0.15, 0.2) is 12.4 Å². The maximum Gasteiger partial charge on any atom is 0.154 e. The van der Waals surface area contributed by atoms with Crippen LogP contribution >= 0.6 is 0 Å². The highest BCUT2D eigenvalue weighted by molar-refractivity contribution is 5.85. The van der Waals surface area contributed by atoms with Gasteiger partial charge in [-0.1, -0.05) is 13.8 Å². The standard InChI is InChI=1S/C10H17N3O/c1-7(2)4-9(14)10(11)8-5-12-13(3)6-8/h5-7,10H,4,11H2,1-3H3. The topological polar surface area (TPSA) is 60.9 Å². The van der Waals surface area contributed by atoms with Gasteiger partial charge < -0.3 is 5.73 Å². The molecule has 0 radical (unpaired) electrons. The van der Waals surface area contributed by atoms with Crippen molar-refractivity contribution in [1.82, 2.24) is 9.78 Å². The van der Waals surface area contributed by atoms with Gasteiger partial charge in [0.1, 0.15) is 0 Å². The average Bonchev–Trinajstić information content (AvgIpc) is 2.49. The molecule has 0 aliphatic rings. The number of nitrogens with two attached hydrogens (primary N) is 1. The highest BCUT2D eigenvalue weighted by Gasteiger charge is 2.17. The van der Waals surface area contributed by atoms with Gasteiger partial charge in [-0.15, -0.1) is 0 Å². The van der Waals surface area contributed by atoms with Gasteiger partial charge in [0.05, 0.1) is 12.2 Å². The number of ketones is 1. The second-order valence-electron chi connectivity index (χ2n) is 3.99. The lowest BCUT2D eigenvalue weighted by atomic mass is 9.99. The van der Waals surface area contributed by atoms with Crippen molar-refractivity contribution < 1.29 is 4.79 Å². The second kappa shape index (κ2) is 4.37. The zero-order chi connectivity index (χ0) is 10.7. The third kappa shape index (κ3) is 2.67. The third-order valence-electron chi connectivity index (χ3n) is 2.04. The van der Waals surface area contributed by atoms with E-state index in [1.807, 2.05) is 20.9 Å². The second-order valence-corrected chi connectivity index (χ2v) is 3.99. The molecule has 14 heavy (non-hydrogen) atoms. The summed E-state index contributed by atoms with van der Waals surface area (Å²) in [6.07, 6.45) is 3.95. The van der Waals surface area contributed by atoms with Gasteiger partial charge in [0.15, 0.2) is 5.78 Å². The molecule has 1 aromatic heterocycles. The minimum Gasteiger partial charge on any atom is -0.318 e. The SMILES string of the molecule is CC(C)CC(=O)C(N)c1cnn(C)c1. The van der Waals surface area contributed by atoms with Gasteiger partial charge in [-0.25, -0.2) is 0 Å². The number of hydrogen-bond donors (Lipinski definition) is 1. The van der Waals surface area contributed by atoms with Crippen molar-refractivity contribution in [3.05, 3.63) is 18.0 Å². The molecule has 0 fully saturated rings. The number of aryl methyl sites for hydroxylation is 1. The lowest BCUT2D eigenvalue weighted by Gasteiger charge is -2.09. The number of carbonyl (C=O) groups excluding carboxylic acids is 1. The number of rotatable bonds is 4. The Balaban J connectivity index is 2.65. The lowest BCUT2D eigenvalue weighted by molar-refractivity contribution is -0.121. The van der Waals surface area contributed by atoms with E-state index >= 15 is 0 Å². The average molecular weight is 195 g/mol. The van der Waals surface area contributed by atoms with Crippen LogP contribution in [0.25, 0.3) is 0 Å². The molecule has 4 nitrogen and oxygen atoms in total. The molecule has 0 amide bonds. The summed E-state index contributed by atoms with van der Waals surface area (Å²) in [4.78, 5) is 11.6. The van der Waals surface area contributed by atoms with Crippen LogP contribution in [-0.2, 0) is 11.8 Å². The Labute approximate surface area is 84.1 Å². The van der Waals surface area contributed by atoms with Gasteiger partial charge in [-0.05, 0) is 5.92 Å². The summed E-state index contributed by atoms with van der Waals surface area (Å²) in [5.41, 5.74) is 6.59. The van der Waals surface area contributed by atoms with E-state index in [-0.39, 0.29) is 5.78 Å². The zero-order valence-electron chi connectivity index (χ0n) is 8.90. The molecular weight excluding hydrogens is 178 g/mol. The molecule has 2 N–H and O–H groups in total. The maximum absolute atomic E-state index is 11.6. The molecule has 0 spiro atoms. The van der Waals surface area contributed by atoms with Crippen molar-refractivity contribution in [2.45, 2.75) is 26.3 Å². The van der Waals surface area contributed by atoms with E-state index in [0.717, 1.165) is 5.56 Å². The summed E-state index contributed by atoms with van der Waals surface area (Å²) in [5, 5.41) is 3.98. The molecule has 1 heterocycles. The van der Waals surface area contributed by atoms with E-state index in [2.05, 4.69) is 5.10 Å². The number of aromatic nitrogens is 2. The fourth-order valence-corrected chi connectivity index (χ4v) is 1.32. The smallest absolute Gasteiger partial charge is 0.154 e. The van der Waals surface area contributed by atoms with E-state index in [1.165, 1.54) is 0 Å². The number of Topliss-reactive ketones (excluding diaryl/α,β-unsaturated/α-hetero) is 1. The largest absolute Gasteiger partial charge is 0.318 e. The van der Waals surface area contributed by atoms with Crippen molar-refractivity contribution in [3.63, 3.8) is 0 Å². The highest BCUT2D eigenvalue weighted by Crippen LogP contribution is 2.14. The molecule has 4 heteroatoms. The first kappa shape index (κ1) is 10.9. The number of carbonyl (C=O) groups is 1. The fraction of sp³-hybridized carbons (Fsp3) is 0.600. The van der Waals surface area contributed by atoms with E-state index in [0.29, 0.717) is 12.3 Å². The summed E-state index contributed by atoms with van der Waals surface area (Å²) in [6.45, 7) is 4.02. The van der Waals surface area contributed by atoms with Gasteiger partial charge in [0.2, 0.25) is 0 Å². The Morgan fingerprint density at radius 2 is 2.29 bits per heavy atom. The van der Waals surface area contributed by atoms with Crippen molar-refractivity contribution in [2.75, 3.05) is 0 Å². The Bertz CT molecular complexity index is 317. The molecule has 0 aromatic carbocycles. The first-order valence-corrected chi connectivity index (χ1v) is 4.77. The van der Waals surface area contributed by atoms with Gasteiger partial charge in [0, 0.05) is 25.2 Å². The van der Waals surface area contributed by atoms with E-state index in [4.69, 9.17) is 5.73 Å². The summed E-state index contributed by atoms with van der Waals surface area (Å²) in [7, 11) is 1.81. The molecule has 0 aliphatic carbocycles. The summed E-state index contributed by atoms with van der Waals surface area (Å²) in [6, 6.07) is -0.522. The normalized spacial score (nSPS) is 13.2. The van der Waals surface area contributed by atoms with Crippen LogP contribution in [-0.4, -0.2) is 15.6 Å². The molecule has 0 saturated heterocycles. The van der Waals surface area contributed by atoms with E-state index in [9.17, 15) is 4.79 Å². The van der Waals surface area contributed by atoms with E-state index in [1.54, 1.807) is 17.1 Å². The molecule has 1 unspecified atom stereocenters. The molecule has 1 atom stereocenters. The van der Waals surface area contributed by atoms with Crippen LogP contribution in [0, 0.1) is 5.92 Å². The molecule has 78 valence electrons. The quantitative estimate of drug-likeness (QED) is 0.780. The minimum absolute atomic E-state index is 0.0769. The Morgan fingerprint density at radius 3 is 2.71 bits per heavy atom. The molecular formula is C10H17N3O. The predicted octanol–water partition coefficient (Wildman–Crippen LogP) is 1.04. The van der Waals surface area contributed by atoms with Crippen LogP contribution < -0.4 is 5.73 Å². The Kier molecular flexibility index (Phi) is 3.41. The molecule has 0 bridgehead atoms. The summed E-state index contributed by atoms with van der Waals surface area (Å²) >= 11 is 0. The first-order valence-electron chi connectivity index (χ1n) is 4.77. The van der Waals surface area contributed by atoms with Gasteiger partial charge in [-0.3, -0.25) is 9.48 Å². The van der Waals surface area contributed by atoms with Crippen molar-refractivity contribution >= 4 is 5.78 Å². The zero-order valence-corrected chi connectivity index (χ0v) is 8.90. The first-order chi connectivity index (χ1) is 6.50. The number of hydrogen-bond acceptors (Lipinski definition) is 3. The minimum atomic E-state index is -0.522. The predicted molar refractivity (Wildman–Crippen MR) is 54.6 cm³/mol. The summed E-state index contributed by atoms with van der Waals surface area (Å²) < 4.78 is 1.65. The highest BCUT2D eigenvalue weighted by atomic mass is 16.1. The molecule has 0 saturated carbocycles. The lowest BCUT2D eigenvalue weighted by Crippen LogP contribution is -2.22. The maximum atomic E-state index is 11.6. The van der Waals surface area contributed by atoms with Crippen LogP contribution in [0.1, 0.15) is 31.9 Å². The van der Waals surface area contributed by atoms with Crippen LogP contribution in [0.2, 0.25) is 0 Å². The van der Waals surface area contributed by atoms with Crippen LogP contribution in [0.4, 0.5) is 0 Å². The van der Waals surface area contributed by atoms with Crippen molar-refractivity contribution in [2.24, 2.45) is 18.7 Å². The molecule has 1 aromatic rings. The van der Waals surface area contributed by atoms with Gasteiger partial charge in [-0.2, -0.15) is 5.10 Å². The van der Waals surface area contributed by atoms with Gasteiger partial charge in [0.25, 0.3) is 0 Å². The Morgan fingerprint density at radius 1 is 1.64 bits per heavy atom. The molecule has 1 rings (SSSR count). The third-order valence-corrected chi connectivity index (χ3v) is 2.04.